The van der Waals surface area contributed by atoms with E-state index in [2.05, 4.69) is 26.8 Å². The summed E-state index contributed by atoms with van der Waals surface area (Å²) in [5.41, 5.74) is 2.95. The van der Waals surface area contributed by atoms with E-state index in [-0.39, 0.29) is 17.5 Å². The minimum absolute atomic E-state index is 0.00847. The van der Waals surface area contributed by atoms with Gasteiger partial charge in [0, 0.05) is 12.8 Å². The summed E-state index contributed by atoms with van der Waals surface area (Å²) in [7, 11) is 0. The van der Waals surface area contributed by atoms with Gasteiger partial charge in [-0.25, -0.2) is 4.79 Å². The molecule has 0 aromatic heterocycles. The van der Waals surface area contributed by atoms with Crippen LogP contribution in [0.25, 0.3) is 0 Å². The van der Waals surface area contributed by atoms with Gasteiger partial charge in [-0.3, -0.25) is 0 Å². The van der Waals surface area contributed by atoms with E-state index in [1.165, 1.54) is 38.5 Å². The summed E-state index contributed by atoms with van der Waals surface area (Å²) < 4.78 is 5.98. The molecule has 4 aliphatic rings. The van der Waals surface area contributed by atoms with Gasteiger partial charge in [-0.15, -0.1) is 0 Å². The van der Waals surface area contributed by atoms with Gasteiger partial charge in [0.05, 0.1) is 5.56 Å². The molecule has 0 heterocycles. The number of ketones is 1. The molecule has 3 fully saturated rings. The summed E-state index contributed by atoms with van der Waals surface area (Å²) >= 11 is 0. The SMILES string of the molecule is CC(=O)CCC[C@@H](C)[C@H]1CC[C@H]2[C@@H]3CC=C4C[C@H](OC(=O)c5ccccc5)CC[C@]4(C)[C@H]3CC[C@]12C. The fraction of sp³-hybridized carbons (Fsp3) is 0.697. The van der Waals surface area contributed by atoms with Crippen molar-refractivity contribution in [2.45, 2.75) is 104 Å². The van der Waals surface area contributed by atoms with Gasteiger partial charge in [0.15, 0.2) is 0 Å². The quantitative estimate of drug-likeness (QED) is 0.286. The number of esters is 1. The Bertz CT molecular complexity index is 995. The third kappa shape index (κ3) is 4.61. The van der Waals surface area contributed by atoms with Gasteiger partial charge in [0.1, 0.15) is 11.9 Å². The predicted molar refractivity (Wildman–Crippen MR) is 145 cm³/mol. The highest BCUT2D eigenvalue weighted by Crippen LogP contribution is 2.67. The molecule has 0 spiro atoms. The molecule has 5 rings (SSSR count). The fourth-order valence-corrected chi connectivity index (χ4v) is 9.37. The molecular weight excluding hydrogens is 444 g/mol. The second-order valence-corrected chi connectivity index (χ2v) is 13.2. The van der Waals surface area contributed by atoms with Crippen LogP contribution in [0.3, 0.4) is 0 Å². The van der Waals surface area contributed by atoms with Crippen LogP contribution in [0.2, 0.25) is 0 Å². The van der Waals surface area contributed by atoms with Crippen molar-refractivity contribution in [3.8, 4) is 0 Å². The van der Waals surface area contributed by atoms with Gasteiger partial charge >= 0.3 is 5.97 Å². The average molecular weight is 491 g/mol. The van der Waals surface area contributed by atoms with Crippen LogP contribution < -0.4 is 0 Å². The number of hydrogen-bond acceptors (Lipinski definition) is 3. The van der Waals surface area contributed by atoms with Crippen molar-refractivity contribution in [2.75, 3.05) is 0 Å². The lowest BCUT2D eigenvalue weighted by atomic mass is 9.47. The van der Waals surface area contributed by atoms with Crippen molar-refractivity contribution in [1.29, 1.82) is 0 Å². The minimum atomic E-state index is -0.179. The first-order valence-corrected chi connectivity index (χ1v) is 14.7. The number of carbonyl (C=O) groups excluding carboxylic acids is 2. The summed E-state index contributed by atoms with van der Waals surface area (Å²) in [6.07, 6.45) is 15.3. The Morgan fingerprint density at radius 2 is 1.81 bits per heavy atom. The maximum absolute atomic E-state index is 12.7. The first kappa shape index (κ1) is 25.7. The van der Waals surface area contributed by atoms with Crippen LogP contribution in [0, 0.1) is 40.4 Å². The van der Waals surface area contributed by atoms with Crippen LogP contribution in [0.5, 0.6) is 0 Å². The van der Waals surface area contributed by atoms with Crippen molar-refractivity contribution >= 4 is 11.8 Å². The van der Waals surface area contributed by atoms with Gasteiger partial charge in [-0.05, 0) is 111 Å². The van der Waals surface area contributed by atoms with E-state index < -0.39 is 0 Å². The van der Waals surface area contributed by atoms with Crippen molar-refractivity contribution in [3.05, 3.63) is 47.5 Å². The first-order valence-electron chi connectivity index (χ1n) is 14.7. The molecule has 3 nitrogen and oxygen atoms in total. The Morgan fingerprint density at radius 1 is 1.03 bits per heavy atom. The van der Waals surface area contributed by atoms with E-state index in [1.807, 2.05) is 30.3 Å². The highest BCUT2D eigenvalue weighted by atomic mass is 16.5. The second kappa shape index (κ2) is 10.1. The average Bonchev–Trinajstić information content (AvgIpc) is 3.22. The van der Waals surface area contributed by atoms with Crippen molar-refractivity contribution in [1.82, 2.24) is 0 Å². The van der Waals surface area contributed by atoms with E-state index >= 15 is 0 Å². The number of rotatable bonds is 7. The summed E-state index contributed by atoms with van der Waals surface area (Å²) in [6.45, 7) is 9.34. The fourth-order valence-electron chi connectivity index (χ4n) is 9.37. The Hall–Kier alpha value is -1.90. The Morgan fingerprint density at radius 3 is 2.56 bits per heavy atom. The van der Waals surface area contributed by atoms with Crippen LogP contribution in [0.4, 0.5) is 0 Å². The molecule has 0 N–H and O–H groups in total. The van der Waals surface area contributed by atoms with Crippen LogP contribution in [-0.4, -0.2) is 17.9 Å². The molecule has 8 atom stereocenters. The number of ether oxygens (including phenoxy) is 1. The van der Waals surface area contributed by atoms with E-state index in [1.54, 1.807) is 12.5 Å². The highest BCUT2D eigenvalue weighted by Gasteiger charge is 2.59. The van der Waals surface area contributed by atoms with Crippen LogP contribution in [-0.2, 0) is 9.53 Å². The second-order valence-electron chi connectivity index (χ2n) is 13.2. The standard InChI is InChI=1S/C33H46O3/c1-22(9-8-10-23(2)34)28-15-16-29-27-14-13-25-21-26(36-31(35)24-11-6-5-7-12-24)17-19-32(25,3)30(27)18-20-33(28,29)4/h5-7,11-13,22,26-30H,8-10,14-21H2,1-4H3/t22-,26-,27+,28-,29+,30+,32+,33-/m1/s1. The van der Waals surface area contributed by atoms with E-state index in [4.69, 9.17) is 4.74 Å². The summed E-state index contributed by atoms with van der Waals surface area (Å²) in [5.74, 6) is 4.09. The summed E-state index contributed by atoms with van der Waals surface area (Å²) in [6, 6.07) is 9.42. The van der Waals surface area contributed by atoms with Gasteiger partial charge < -0.3 is 9.53 Å². The molecule has 4 aliphatic carbocycles. The number of fused-ring (bicyclic) bond motifs is 5. The smallest absolute Gasteiger partial charge is 0.338 e. The Labute approximate surface area is 218 Å². The molecule has 0 unspecified atom stereocenters. The van der Waals surface area contributed by atoms with Crippen LogP contribution >= 0.6 is 0 Å². The third-order valence-corrected chi connectivity index (χ3v) is 11.3. The first-order chi connectivity index (χ1) is 17.2. The maximum atomic E-state index is 12.7. The predicted octanol–water partition coefficient (Wildman–Crippen LogP) is 8.19. The van der Waals surface area contributed by atoms with E-state index in [0.29, 0.717) is 16.8 Å². The normalized spacial score (nSPS) is 38.2. The molecule has 3 saturated carbocycles. The number of benzene rings is 1. The highest BCUT2D eigenvalue weighted by molar-refractivity contribution is 5.89. The lowest BCUT2D eigenvalue weighted by molar-refractivity contribution is -0.117. The van der Waals surface area contributed by atoms with Crippen molar-refractivity contribution in [3.63, 3.8) is 0 Å². The minimum Gasteiger partial charge on any atom is -0.458 e. The lowest BCUT2D eigenvalue weighted by Gasteiger charge is -2.58. The lowest BCUT2D eigenvalue weighted by Crippen LogP contribution is -2.51. The zero-order chi connectivity index (χ0) is 25.5. The molecule has 0 radical (unpaired) electrons. The zero-order valence-corrected chi connectivity index (χ0v) is 22.9. The molecule has 0 bridgehead atoms. The number of carbonyl (C=O) groups is 2. The van der Waals surface area contributed by atoms with Crippen molar-refractivity contribution in [2.24, 2.45) is 40.4 Å². The number of hydrogen-bond donors (Lipinski definition) is 0. The van der Waals surface area contributed by atoms with Crippen LogP contribution in [0.15, 0.2) is 42.0 Å². The van der Waals surface area contributed by atoms with Gasteiger partial charge in [-0.1, -0.05) is 57.0 Å². The van der Waals surface area contributed by atoms with Gasteiger partial charge in [0.25, 0.3) is 0 Å². The molecule has 0 amide bonds. The molecule has 0 aliphatic heterocycles. The summed E-state index contributed by atoms with van der Waals surface area (Å²) in [4.78, 5) is 24.1. The maximum Gasteiger partial charge on any atom is 0.338 e. The molecular formula is C33H46O3. The topological polar surface area (TPSA) is 43.4 Å². The molecule has 3 heteroatoms. The summed E-state index contributed by atoms with van der Waals surface area (Å²) in [5, 5.41) is 0. The van der Waals surface area contributed by atoms with Crippen molar-refractivity contribution < 1.29 is 14.3 Å². The van der Waals surface area contributed by atoms with Crippen LogP contribution in [0.1, 0.15) is 109 Å². The molecule has 0 saturated heterocycles. The van der Waals surface area contributed by atoms with Gasteiger partial charge in [-0.2, -0.15) is 0 Å². The van der Waals surface area contributed by atoms with E-state index in [9.17, 15) is 9.59 Å². The Kier molecular flexibility index (Phi) is 7.22. The largest absolute Gasteiger partial charge is 0.458 e. The number of allylic oxidation sites excluding steroid dienone is 1. The molecule has 36 heavy (non-hydrogen) atoms. The third-order valence-electron chi connectivity index (χ3n) is 11.3. The zero-order valence-electron chi connectivity index (χ0n) is 22.9. The molecule has 1 aromatic carbocycles. The number of Topliss-reactive ketones (excluding diaryl/α,β-unsaturated/α-hetero) is 1. The van der Waals surface area contributed by atoms with Gasteiger partial charge in [0.2, 0.25) is 0 Å². The van der Waals surface area contributed by atoms with E-state index in [0.717, 1.165) is 61.7 Å². The molecule has 196 valence electrons. The molecule has 1 aromatic rings. The monoisotopic (exact) mass is 490 g/mol. The Balaban J connectivity index is 1.26.